The molecule has 0 spiro atoms. The summed E-state index contributed by atoms with van der Waals surface area (Å²) in [6, 6.07) is 19.1. The third kappa shape index (κ3) is 3.72. The number of ether oxygens (including phenoxy) is 2. The number of amides is 1. The molecule has 152 valence electrons. The van der Waals surface area contributed by atoms with E-state index in [0.717, 1.165) is 21.7 Å². The molecular formula is C24H22N2O4. The molecule has 0 saturated heterocycles. The normalized spacial score (nSPS) is 10.9. The van der Waals surface area contributed by atoms with Gasteiger partial charge >= 0.3 is 0 Å². The van der Waals surface area contributed by atoms with Crippen molar-refractivity contribution in [3.05, 3.63) is 77.3 Å². The summed E-state index contributed by atoms with van der Waals surface area (Å²) < 4.78 is 16.2. The third-order valence-electron chi connectivity index (χ3n) is 5.07. The van der Waals surface area contributed by atoms with Crippen LogP contribution in [0.5, 0.6) is 11.5 Å². The van der Waals surface area contributed by atoms with Crippen molar-refractivity contribution in [3.8, 4) is 11.5 Å². The van der Waals surface area contributed by atoms with Crippen LogP contribution in [0.15, 0.2) is 65.1 Å². The van der Waals surface area contributed by atoms with E-state index in [0.29, 0.717) is 30.0 Å². The molecule has 1 amide bonds. The average Bonchev–Trinajstić information content (AvgIpc) is 2.78. The van der Waals surface area contributed by atoms with E-state index in [1.807, 2.05) is 54.6 Å². The molecular weight excluding hydrogens is 380 g/mol. The molecule has 0 radical (unpaired) electrons. The molecule has 3 aromatic carbocycles. The van der Waals surface area contributed by atoms with Crippen LogP contribution in [0.1, 0.15) is 15.9 Å². The summed E-state index contributed by atoms with van der Waals surface area (Å²) in [6.07, 6.45) is 0.618. The second kappa shape index (κ2) is 8.29. The van der Waals surface area contributed by atoms with Crippen molar-refractivity contribution in [2.45, 2.75) is 6.42 Å². The van der Waals surface area contributed by atoms with E-state index in [4.69, 9.17) is 19.3 Å². The zero-order chi connectivity index (χ0) is 21.1. The molecule has 0 saturated carbocycles. The minimum atomic E-state index is -0.334. The van der Waals surface area contributed by atoms with Crippen LogP contribution in [0.3, 0.4) is 0 Å². The summed E-state index contributed by atoms with van der Waals surface area (Å²) >= 11 is 0. The quantitative estimate of drug-likeness (QED) is 0.477. The van der Waals surface area contributed by atoms with Gasteiger partial charge in [-0.15, -0.1) is 0 Å². The van der Waals surface area contributed by atoms with Crippen LogP contribution in [-0.4, -0.2) is 26.7 Å². The van der Waals surface area contributed by atoms with E-state index < -0.39 is 0 Å². The highest BCUT2D eigenvalue weighted by molar-refractivity contribution is 6.07. The molecule has 4 rings (SSSR count). The van der Waals surface area contributed by atoms with E-state index in [1.54, 1.807) is 20.3 Å². The molecule has 0 aliphatic rings. The van der Waals surface area contributed by atoms with Crippen molar-refractivity contribution < 1.29 is 18.7 Å². The Bertz CT molecular complexity index is 1290. The minimum Gasteiger partial charge on any atom is -0.493 e. The highest BCUT2D eigenvalue weighted by Crippen LogP contribution is 2.28. The topological polar surface area (TPSA) is 84.5 Å². The first-order valence-electron chi connectivity index (χ1n) is 9.60. The predicted molar refractivity (Wildman–Crippen MR) is 115 cm³/mol. The van der Waals surface area contributed by atoms with Gasteiger partial charge in [0, 0.05) is 11.9 Å². The van der Waals surface area contributed by atoms with E-state index >= 15 is 0 Å². The molecule has 6 nitrogen and oxygen atoms in total. The lowest BCUT2D eigenvalue weighted by atomic mass is 10.0. The molecule has 6 heteroatoms. The van der Waals surface area contributed by atoms with Gasteiger partial charge in [-0.05, 0) is 47.0 Å². The van der Waals surface area contributed by atoms with E-state index in [2.05, 4.69) is 5.32 Å². The Kier molecular flexibility index (Phi) is 5.39. The highest BCUT2D eigenvalue weighted by Gasteiger charge is 2.13. The van der Waals surface area contributed by atoms with Gasteiger partial charge in [0.05, 0.1) is 14.2 Å². The summed E-state index contributed by atoms with van der Waals surface area (Å²) in [5.41, 5.74) is 1.65. The maximum absolute atomic E-state index is 12.7. The van der Waals surface area contributed by atoms with Gasteiger partial charge in [0.15, 0.2) is 11.5 Å². The van der Waals surface area contributed by atoms with Crippen molar-refractivity contribution in [2.75, 3.05) is 20.8 Å². The monoisotopic (exact) mass is 402 g/mol. The smallest absolute Gasteiger partial charge is 0.256 e. The van der Waals surface area contributed by atoms with Crippen molar-refractivity contribution in [2.24, 2.45) is 0 Å². The lowest BCUT2D eigenvalue weighted by Gasteiger charge is -2.10. The second-order valence-electron chi connectivity index (χ2n) is 6.88. The van der Waals surface area contributed by atoms with Crippen molar-refractivity contribution in [3.63, 3.8) is 0 Å². The Morgan fingerprint density at radius 3 is 2.57 bits per heavy atom. The first-order chi connectivity index (χ1) is 14.6. The van der Waals surface area contributed by atoms with Crippen LogP contribution in [-0.2, 0) is 6.42 Å². The third-order valence-corrected chi connectivity index (χ3v) is 5.07. The molecule has 30 heavy (non-hydrogen) atoms. The number of carbonyl (C=O) groups is 1. The molecule has 1 heterocycles. The van der Waals surface area contributed by atoms with Gasteiger partial charge < -0.3 is 19.2 Å². The highest BCUT2D eigenvalue weighted by atomic mass is 16.5. The van der Waals surface area contributed by atoms with Crippen LogP contribution in [0.4, 0.5) is 0 Å². The number of rotatable bonds is 6. The Morgan fingerprint density at radius 1 is 0.967 bits per heavy atom. The maximum Gasteiger partial charge on any atom is 0.256 e. The fraction of sp³-hybridized carbons (Fsp3) is 0.167. The van der Waals surface area contributed by atoms with Crippen LogP contribution in [0.25, 0.3) is 21.7 Å². The summed E-state index contributed by atoms with van der Waals surface area (Å²) in [5, 5.41) is 13.9. The van der Waals surface area contributed by atoms with E-state index in [-0.39, 0.29) is 17.0 Å². The molecule has 0 fully saturated rings. The SMILES string of the molecule is COc1ccc(CCNC(=O)c2cc3c(ccc4ccccc43)oc2=N)cc1OC. The molecule has 2 N–H and O–H groups in total. The maximum atomic E-state index is 12.7. The molecule has 4 aromatic rings. The zero-order valence-electron chi connectivity index (χ0n) is 16.8. The van der Waals surface area contributed by atoms with Crippen LogP contribution in [0, 0.1) is 5.41 Å². The van der Waals surface area contributed by atoms with Gasteiger partial charge in [0.2, 0.25) is 5.55 Å². The summed E-state index contributed by atoms with van der Waals surface area (Å²) in [5.74, 6) is 0.975. The van der Waals surface area contributed by atoms with E-state index in [1.165, 1.54) is 0 Å². The number of methoxy groups -OCH3 is 2. The minimum absolute atomic E-state index is 0.151. The lowest BCUT2D eigenvalue weighted by Crippen LogP contribution is -2.30. The first kappa shape index (κ1) is 19.5. The van der Waals surface area contributed by atoms with Gasteiger partial charge in [0.25, 0.3) is 5.91 Å². The largest absolute Gasteiger partial charge is 0.493 e. The number of nitrogens with one attached hydrogen (secondary N) is 2. The van der Waals surface area contributed by atoms with Crippen LogP contribution >= 0.6 is 0 Å². The Hall–Kier alpha value is -3.80. The standard InChI is InChI=1S/C24H22N2O4/c1-28-21-9-7-15(13-22(21)29-2)11-12-26-24(27)19-14-18-17-6-4-3-5-16(17)8-10-20(18)30-23(19)25/h3-10,13-14,25H,11-12H2,1-2H3,(H,26,27). The molecule has 0 atom stereocenters. The number of hydrogen-bond donors (Lipinski definition) is 2. The van der Waals surface area contributed by atoms with Crippen molar-refractivity contribution >= 4 is 27.6 Å². The Morgan fingerprint density at radius 2 is 1.77 bits per heavy atom. The number of benzene rings is 3. The first-order valence-corrected chi connectivity index (χ1v) is 9.60. The lowest BCUT2D eigenvalue weighted by molar-refractivity contribution is 0.0950. The zero-order valence-corrected chi connectivity index (χ0v) is 16.8. The Balaban J connectivity index is 1.54. The number of hydrogen-bond acceptors (Lipinski definition) is 5. The summed E-state index contributed by atoms with van der Waals surface area (Å²) in [7, 11) is 3.18. The second-order valence-corrected chi connectivity index (χ2v) is 6.88. The predicted octanol–water partition coefficient (Wildman–Crippen LogP) is 4.06. The van der Waals surface area contributed by atoms with Crippen LogP contribution < -0.4 is 20.3 Å². The average molecular weight is 402 g/mol. The molecule has 0 aliphatic carbocycles. The fourth-order valence-electron chi connectivity index (χ4n) is 3.51. The Labute approximate surface area is 173 Å². The molecule has 1 aromatic heterocycles. The van der Waals surface area contributed by atoms with Gasteiger partial charge in [0.1, 0.15) is 11.1 Å². The number of carbonyl (C=O) groups excluding carboxylic acids is 1. The molecule has 0 unspecified atom stereocenters. The van der Waals surface area contributed by atoms with Gasteiger partial charge in [-0.25, -0.2) is 0 Å². The summed E-state index contributed by atoms with van der Waals surface area (Å²) in [6.45, 7) is 0.418. The van der Waals surface area contributed by atoms with Crippen molar-refractivity contribution in [1.82, 2.24) is 5.32 Å². The van der Waals surface area contributed by atoms with Gasteiger partial charge in [-0.1, -0.05) is 36.4 Å². The summed E-state index contributed by atoms with van der Waals surface area (Å²) in [4.78, 5) is 12.7. The van der Waals surface area contributed by atoms with Crippen LogP contribution in [0.2, 0.25) is 0 Å². The fourth-order valence-corrected chi connectivity index (χ4v) is 3.51. The molecule has 0 bridgehead atoms. The number of fused-ring (bicyclic) bond motifs is 3. The van der Waals surface area contributed by atoms with Crippen molar-refractivity contribution in [1.29, 1.82) is 5.41 Å². The van der Waals surface area contributed by atoms with E-state index in [9.17, 15) is 4.79 Å². The van der Waals surface area contributed by atoms with Gasteiger partial charge in [-0.3, -0.25) is 10.2 Å². The van der Waals surface area contributed by atoms with Gasteiger partial charge in [-0.2, -0.15) is 0 Å². The molecule has 0 aliphatic heterocycles.